The molecule has 0 radical (unpaired) electrons. The molecule has 110 valence electrons. The van der Waals surface area contributed by atoms with Gasteiger partial charge >= 0.3 is 6.03 Å². The van der Waals surface area contributed by atoms with Crippen molar-refractivity contribution in [1.82, 2.24) is 25.1 Å². The van der Waals surface area contributed by atoms with Crippen molar-refractivity contribution in [2.75, 3.05) is 5.32 Å². The lowest BCUT2D eigenvalue weighted by atomic mass is 10.3. The molecule has 22 heavy (non-hydrogen) atoms. The molecule has 2 aromatic heterocycles. The first-order chi connectivity index (χ1) is 10.8. The van der Waals surface area contributed by atoms with Crippen molar-refractivity contribution in [3.05, 3.63) is 67.0 Å². The highest BCUT2D eigenvalue weighted by Crippen LogP contribution is 2.08. The van der Waals surface area contributed by atoms with Crippen LogP contribution in [0.5, 0.6) is 0 Å². The molecule has 7 heteroatoms. The molecule has 0 atom stereocenters. The van der Waals surface area contributed by atoms with Gasteiger partial charge in [-0.3, -0.25) is 9.55 Å². The second-order valence-corrected chi connectivity index (χ2v) is 4.50. The lowest BCUT2D eigenvalue weighted by Gasteiger charge is -2.09. The van der Waals surface area contributed by atoms with Gasteiger partial charge in [0.1, 0.15) is 6.33 Å². The zero-order chi connectivity index (χ0) is 15.2. The van der Waals surface area contributed by atoms with Crippen molar-refractivity contribution in [3.8, 4) is 5.69 Å². The number of urea groups is 1. The minimum absolute atomic E-state index is 0.270. The van der Waals surface area contributed by atoms with E-state index in [0.717, 1.165) is 5.69 Å². The number of pyridine rings is 1. The molecule has 2 heterocycles. The minimum atomic E-state index is -0.311. The van der Waals surface area contributed by atoms with Gasteiger partial charge in [0.15, 0.2) is 5.82 Å². The van der Waals surface area contributed by atoms with Crippen LogP contribution in [0.15, 0.2) is 61.2 Å². The van der Waals surface area contributed by atoms with Crippen molar-refractivity contribution < 1.29 is 4.79 Å². The Labute approximate surface area is 127 Å². The number of carbonyl (C=O) groups is 1. The molecule has 0 saturated heterocycles. The minimum Gasteiger partial charge on any atom is -0.331 e. The van der Waals surface area contributed by atoms with Gasteiger partial charge in [0.25, 0.3) is 0 Å². The molecule has 3 rings (SSSR count). The van der Waals surface area contributed by atoms with Crippen LogP contribution in [0.25, 0.3) is 5.69 Å². The summed E-state index contributed by atoms with van der Waals surface area (Å²) in [6.45, 7) is 0.270. The maximum atomic E-state index is 11.9. The van der Waals surface area contributed by atoms with Crippen molar-refractivity contribution in [2.24, 2.45) is 0 Å². The number of amides is 2. The third kappa shape index (κ3) is 3.26. The van der Waals surface area contributed by atoms with Crippen LogP contribution in [0.4, 0.5) is 10.5 Å². The Morgan fingerprint density at radius 3 is 2.64 bits per heavy atom. The first-order valence-corrected chi connectivity index (χ1v) is 6.72. The largest absolute Gasteiger partial charge is 0.331 e. The normalized spacial score (nSPS) is 10.2. The average Bonchev–Trinajstić information content (AvgIpc) is 3.03. The van der Waals surface area contributed by atoms with Gasteiger partial charge in [-0.15, -0.1) is 10.2 Å². The molecule has 0 saturated carbocycles. The SMILES string of the molecule is O=C(NCc1nncn1-c1ccccc1)Nc1ccncc1. The smallest absolute Gasteiger partial charge is 0.319 e. The number of nitrogens with one attached hydrogen (secondary N) is 2. The van der Waals surface area contributed by atoms with Crippen LogP contribution in [-0.4, -0.2) is 25.8 Å². The Kier molecular flexibility index (Phi) is 4.05. The van der Waals surface area contributed by atoms with Gasteiger partial charge in [-0.25, -0.2) is 4.79 Å². The fraction of sp³-hybridized carbons (Fsp3) is 0.0667. The van der Waals surface area contributed by atoms with Crippen molar-refractivity contribution in [1.29, 1.82) is 0 Å². The Balaban J connectivity index is 1.63. The summed E-state index contributed by atoms with van der Waals surface area (Å²) in [5.74, 6) is 0.649. The van der Waals surface area contributed by atoms with E-state index in [0.29, 0.717) is 11.5 Å². The highest BCUT2D eigenvalue weighted by atomic mass is 16.2. The van der Waals surface area contributed by atoms with E-state index in [9.17, 15) is 4.79 Å². The molecular weight excluding hydrogens is 280 g/mol. The number of hydrogen-bond donors (Lipinski definition) is 2. The molecule has 0 fully saturated rings. The summed E-state index contributed by atoms with van der Waals surface area (Å²) < 4.78 is 1.83. The van der Waals surface area contributed by atoms with E-state index in [4.69, 9.17) is 0 Å². The van der Waals surface area contributed by atoms with Crippen LogP contribution in [0.1, 0.15) is 5.82 Å². The predicted molar refractivity (Wildman–Crippen MR) is 81.5 cm³/mol. The second kappa shape index (κ2) is 6.49. The van der Waals surface area contributed by atoms with Crippen LogP contribution in [0.3, 0.4) is 0 Å². The first kappa shape index (κ1) is 13.7. The molecule has 0 aliphatic rings. The van der Waals surface area contributed by atoms with Crippen molar-refractivity contribution >= 4 is 11.7 Å². The molecule has 2 N–H and O–H groups in total. The van der Waals surface area contributed by atoms with Gasteiger partial charge in [-0.1, -0.05) is 18.2 Å². The fourth-order valence-corrected chi connectivity index (χ4v) is 1.95. The van der Waals surface area contributed by atoms with Crippen LogP contribution in [-0.2, 0) is 6.54 Å². The third-order valence-corrected chi connectivity index (χ3v) is 3.00. The molecule has 1 aromatic carbocycles. The van der Waals surface area contributed by atoms with Crippen LogP contribution in [0, 0.1) is 0 Å². The van der Waals surface area contributed by atoms with E-state index >= 15 is 0 Å². The molecule has 2 amide bonds. The summed E-state index contributed by atoms with van der Waals surface area (Å²) >= 11 is 0. The molecule has 0 aliphatic carbocycles. The number of para-hydroxylation sites is 1. The van der Waals surface area contributed by atoms with Crippen molar-refractivity contribution in [2.45, 2.75) is 6.54 Å². The topological polar surface area (TPSA) is 84.7 Å². The Morgan fingerprint density at radius 1 is 1.09 bits per heavy atom. The van der Waals surface area contributed by atoms with E-state index in [1.54, 1.807) is 30.9 Å². The van der Waals surface area contributed by atoms with Crippen molar-refractivity contribution in [3.63, 3.8) is 0 Å². The van der Waals surface area contributed by atoms with Gasteiger partial charge in [-0.2, -0.15) is 0 Å². The molecule has 0 aliphatic heterocycles. The standard InChI is InChI=1S/C15H14N6O/c22-15(19-12-6-8-16-9-7-12)17-10-14-20-18-11-21(14)13-4-2-1-3-5-13/h1-9,11H,10H2,(H2,16,17,19,22). The summed E-state index contributed by atoms with van der Waals surface area (Å²) in [6, 6.07) is 12.8. The molecule has 3 aromatic rings. The number of anilines is 1. The van der Waals surface area contributed by atoms with E-state index in [1.807, 2.05) is 34.9 Å². The van der Waals surface area contributed by atoms with Gasteiger partial charge in [0.2, 0.25) is 0 Å². The Hall–Kier alpha value is -3.22. The van der Waals surface area contributed by atoms with E-state index in [1.165, 1.54) is 0 Å². The van der Waals surface area contributed by atoms with Gasteiger partial charge in [0, 0.05) is 23.8 Å². The third-order valence-electron chi connectivity index (χ3n) is 3.00. The molecule has 0 spiro atoms. The van der Waals surface area contributed by atoms with Crippen LogP contribution in [0.2, 0.25) is 0 Å². The van der Waals surface area contributed by atoms with Gasteiger partial charge < -0.3 is 10.6 Å². The fourth-order valence-electron chi connectivity index (χ4n) is 1.95. The highest BCUT2D eigenvalue weighted by molar-refractivity contribution is 5.88. The first-order valence-electron chi connectivity index (χ1n) is 6.72. The zero-order valence-electron chi connectivity index (χ0n) is 11.7. The van der Waals surface area contributed by atoms with E-state index < -0.39 is 0 Å². The Morgan fingerprint density at radius 2 is 1.86 bits per heavy atom. The van der Waals surface area contributed by atoms with E-state index in [2.05, 4.69) is 25.8 Å². The van der Waals surface area contributed by atoms with E-state index in [-0.39, 0.29) is 12.6 Å². The highest BCUT2D eigenvalue weighted by Gasteiger charge is 2.08. The summed E-state index contributed by atoms with van der Waals surface area (Å²) in [7, 11) is 0. The lowest BCUT2D eigenvalue weighted by Crippen LogP contribution is -2.29. The molecule has 0 unspecified atom stereocenters. The summed E-state index contributed by atoms with van der Waals surface area (Å²) in [4.78, 5) is 15.7. The lowest BCUT2D eigenvalue weighted by molar-refractivity contribution is 0.251. The number of hydrogen-bond acceptors (Lipinski definition) is 4. The van der Waals surface area contributed by atoms with Crippen LogP contribution < -0.4 is 10.6 Å². The molecule has 7 nitrogen and oxygen atoms in total. The maximum Gasteiger partial charge on any atom is 0.319 e. The molecular formula is C15H14N6O. The summed E-state index contributed by atoms with van der Waals surface area (Å²) in [5, 5.41) is 13.4. The predicted octanol–water partition coefficient (Wildman–Crippen LogP) is 1.98. The quantitative estimate of drug-likeness (QED) is 0.770. The van der Waals surface area contributed by atoms with Gasteiger partial charge in [-0.05, 0) is 24.3 Å². The monoisotopic (exact) mass is 294 g/mol. The Bertz CT molecular complexity index is 741. The zero-order valence-corrected chi connectivity index (χ0v) is 11.7. The molecule has 0 bridgehead atoms. The van der Waals surface area contributed by atoms with Gasteiger partial charge in [0.05, 0.1) is 6.54 Å². The number of aromatic nitrogens is 4. The summed E-state index contributed by atoms with van der Waals surface area (Å²) in [5.41, 5.74) is 1.62. The number of carbonyl (C=O) groups excluding carboxylic acids is 1. The maximum absolute atomic E-state index is 11.9. The number of rotatable bonds is 4. The average molecular weight is 294 g/mol. The second-order valence-electron chi connectivity index (χ2n) is 4.50. The number of benzene rings is 1. The summed E-state index contributed by atoms with van der Waals surface area (Å²) in [6.07, 6.45) is 4.84. The van der Waals surface area contributed by atoms with Crippen LogP contribution >= 0.6 is 0 Å². The number of nitrogens with zero attached hydrogens (tertiary/aromatic N) is 4.